The lowest BCUT2D eigenvalue weighted by Crippen LogP contribution is -2.31. The van der Waals surface area contributed by atoms with Crippen molar-refractivity contribution in [3.8, 4) is 5.75 Å². The molecule has 0 radical (unpaired) electrons. The third-order valence-corrected chi connectivity index (χ3v) is 4.66. The van der Waals surface area contributed by atoms with Crippen molar-refractivity contribution in [3.63, 3.8) is 0 Å². The minimum atomic E-state index is 0.414. The summed E-state index contributed by atoms with van der Waals surface area (Å²) in [7, 11) is 1.70. The molecule has 1 aromatic carbocycles. The van der Waals surface area contributed by atoms with Crippen LogP contribution in [0.4, 0.5) is 0 Å². The smallest absolute Gasteiger partial charge is 0.118 e. The Hall–Kier alpha value is -0.670. The largest absolute Gasteiger partial charge is 0.497 e. The van der Waals surface area contributed by atoms with Crippen LogP contribution in [0.25, 0.3) is 0 Å². The van der Waals surface area contributed by atoms with Crippen LogP contribution in [0.15, 0.2) is 24.3 Å². The predicted octanol–water partition coefficient (Wildman–Crippen LogP) is 3.24. The molecule has 1 heterocycles. The van der Waals surface area contributed by atoms with E-state index in [-0.39, 0.29) is 0 Å². The number of hydrogen-bond acceptors (Lipinski definition) is 3. The van der Waals surface area contributed by atoms with E-state index in [1.807, 2.05) is 12.1 Å². The number of nitrogens with one attached hydrogen (secondary N) is 1. The second kappa shape index (κ2) is 5.78. The zero-order valence-electron chi connectivity index (χ0n) is 10.8. The fourth-order valence-corrected chi connectivity index (χ4v) is 3.44. The van der Waals surface area contributed by atoms with Gasteiger partial charge in [0.05, 0.1) is 7.11 Å². The van der Waals surface area contributed by atoms with E-state index in [2.05, 4.69) is 43.1 Å². The van der Waals surface area contributed by atoms with Crippen molar-refractivity contribution in [2.24, 2.45) is 0 Å². The van der Waals surface area contributed by atoms with Gasteiger partial charge in [0, 0.05) is 23.1 Å². The average molecular weight is 251 g/mol. The second-order valence-corrected chi connectivity index (χ2v) is 6.21. The summed E-state index contributed by atoms with van der Waals surface area (Å²) in [5.74, 6) is 2.16. The molecule has 17 heavy (non-hydrogen) atoms. The van der Waals surface area contributed by atoms with Crippen molar-refractivity contribution >= 4 is 11.8 Å². The maximum absolute atomic E-state index is 5.17. The summed E-state index contributed by atoms with van der Waals surface area (Å²) in [6, 6.07) is 9.41. The maximum Gasteiger partial charge on any atom is 0.118 e. The van der Waals surface area contributed by atoms with Crippen LogP contribution in [-0.2, 0) is 0 Å². The molecule has 94 valence electrons. The molecule has 0 aliphatic carbocycles. The van der Waals surface area contributed by atoms with Gasteiger partial charge in [-0.25, -0.2) is 0 Å². The average Bonchev–Trinajstić information content (AvgIpc) is 2.75. The van der Waals surface area contributed by atoms with Crippen LogP contribution in [0.2, 0.25) is 0 Å². The van der Waals surface area contributed by atoms with E-state index in [9.17, 15) is 0 Å². The molecule has 1 aromatic rings. The third kappa shape index (κ3) is 3.39. The van der Waals surface area contributed by atoms with Crippen LogP contribution < -0.4 is 10.1 Å². The number of methoxy groups -OCH3 is 1. The molecule has 1 fully saturated rings. The molecule has 0 bridgehead atoms. The van der Waals surface area contributed by atoms with Gasteiger partial charge in [0.25, 0.3) is 0 Å². The van der Waals surface area contributed by atoms with Gasteiger partial charge in [-0.1, -0.05) is 19.1 Å². The molecule has 3 atom stereocenters. The molecule has 1 N–H and O–H groups in total. The normalized spacial score (nSPS) is 25.8. The van der Waals surface area contributed by atoms with Gasteiger partial charge in [-0.3, -0.25) is 0 Å². The first-order valence-corrected chi connectivity index (χ1v) is 7.25. The van der Waals surface area contributed by atoms with Crippen LogP contribution in [0.3, 0.4) is 0 Å². The van der Waals surface area contributed by atoms with Crippen molar-refractivity contribution in [1.82, 2.24) is 5.32 Å². The van der Waals surface area contributed by atoms with Gasteiger partial charge in [-0.2, -0.15) is 11.8 Å². The zero-order valence-corrected chi connectivity index (χ0v) is 11.6. The lowest BCUT2D eigenvalue weighted by atomic mass is 10.1. The van der Waals surface area contributed by atoms with Gasteiger partial charge in [0.1, 0.15) is 5.75 Å². The zero-order chi connectivity index (χ0) is 12.3. The van der Waals surface area contributed by atoms with Gasteiger partial charge in [-0.15, -0.1) is 0 Å². The monoisotopic (exact) mass is 251 g/mol. The summed E-state index contributed by atoms with van der Waals surface area (Å²) < 4.78 is 5.17. The first-order valence-electron chi connectivity index (χ1n) is 6.20. The predicted molar refractivity (Wildman–Crippen MR) is 74.9 cm³/mol. The third-order valence-electron chi connectivity index (χ3n) is 3.30. The Kier molecular flexibility index (Phi) is 4.35. The van der Waals surface area contributed by atoms with E-state index in [4.69, 9.17) is 4.74 Å². The molecule has 3 heteroatoms. The fraction of sp³-hybridized carbons (Fsp3) is 0.571. The van der Waals surface area contributed by atoms with Crippen molar-refractivity contribution in [2.45, 2.75) is 37.6 Å². The van der Waals surface area contributed by atoms with Crippen LogP contribution in [0.5, 0.6) is 5.75 Å². The summed E-state index contributed by atoms with van der Waals surface area (Å²) in [4.78, 5) is 0. The van der Waals surface area contributed by atoms with Gasteiger partial charge in [0.15, 0.2) is 0 Å². The Balaban J connectivity index is 1.92. The van der Waals surface area contributed by atoms with E-state index >= 15 is 0 Å². The molecular formula is C14H21NOS. The minimum Gasteiger partial charge on any atom is -0.497 e. The van der Waals surface area contributed by atoms with Crippen LogP contribution in [0.1, 0.15) is 31.9 Å². The molecule has 2 rings (SSSR count). The number of thioether (sulfide) groups is 1. The Morgan fingerprint density at radius 1 is 1.35 bits per heavy atom. The highest BCUT2D eigenvalue weighted by molar-refractivity contribution is 8.00. The Labute approximate surface area is 108 Å². The molecule has 2 nitrogen and oxygen atoms in total. The summed E-state index contributed by atoms with van der Waals surface area (Å²) in [5.41, 5.74) is 1.33. The summed E-state index contributed by atoms with van der Waals surface area (Å²) in [6.45, 7) is 4.54. The summed E-state index contributed by atoms with van der Waals surface area (Å²) in [6.07, 6.45) is 1.28. The number of benzene rings is 1. The van der Waals surface area contributed by atoms with E-state index in [1.54, 1.807) is 7.11 Å². The first kappa shape index (κ1) is 12.8. The van der Waals surface area contributed by atoms with Gasteiger partial charge < -0.3 is 10.1 Å². The molecule has 0 aromatic heterocycles. The molecule has 0 amide bonds. The Bertz CT molecular complexity index is 352. The van der Waals surface area contributed by atoms with Gasteiger partial charge >= 0.3 is 0 Å². The van der Waals surface area contributed by atoms with Crippen molar-refractivity contribution < 1.29 is 4.74 Å². The van der Waals surface area contributed by atoms with Crippen LogP contribution in [0, 0.1) is 0 Å². The quantitative estimate of drug-likeness (QED) is 0.887. The van der Waals surface area contributed by atoms with Crippen molar-refractivity contribution in [3.05, 3.63) is 29.8 Å². The van der Waals surface area contributed by atoms with E-state index < -0.39 is 0 Å². The lowest BCUT2D eigenvalue weighted by molar-refractivity contribution is 0.414. The molecular weight excluding hydrogens is 230 g/mol. The Morgan fingerprint density at radius 2 is 2.06 bits per heavy atom. The molecule has 2 unspecified atom stereocenters. The van der Waals surface area contributed by atoms with Gasteiger partial charge in [-0.05, 0) is 31.0 Å². The standard InChI is InChI=1S/C14H21NOS/c1-10-8-13(9-17-10)15-11(2)12-4-6-14(16-3)7-5-12/h4-7,10-11,13,15H,8-9H2,1-3H3/t10?,11-,13?/m0/s1. The highest BCUT2D eigenvalue weighted by atomic mass is 32.2. The second-order valence-electron chi connectivity index (χ2n) is 4.74. The van der Waals surface area contributed by atoms with E-state index in [0.717, 1.165) is 11.0 Å². The van der Waals surface area contributed by atoms with Gasteiger partial charge in [0.2, 0.25) is 0 Å². The number of ether oxygens (including phenoxy) is 1. The molecule has 1 aliphatic heterocycles. The topological polar surface area (TPSA) is 21.3 Å². The fourth-order valence-electron chi connectivity index (χ4n) is 2.28. The highest BCUT2D eigenvalue weighted by Crippen LogP contribution is 2.28. The van der Waals surface area contributed by atoms with E-state index in [1.165, 1.54) is 17.7 Å². The van der Waals surface area contributed by atoms with Crippen LogP contribution in [-0.4, -0.2) is 24.2 Å². The summed E-state index contributed by atoms with van der Waals surface area (Å²) >= 11 is 2.07. The van der Waals surface area contributed by atoms with Crippen LogP contribution >= 0.6 is 11.8 Å². The molecule has 1 aliphatic rings. The van der Waals surface area contributed by atoms with E-state index in [0.29, 0.717) is 12.1 Å². The number of rotatable bonds is 4. The lowest BCUT2D eigenvalue weighted by Gasteiger charge is -2.19. The summed E-state index contributed by atoms with van der Waals surface area (Å²) in [5, 5.41) is 4.50. The molecule has 0 spiro atoms. The Morgan fingerprint density at radius 3 is 2.59 bits per heavy atom. The van der Waals surface area contributed by atoms with Crippen molar-refractivity contribution in [2.75, 3.05) is 12.9 Å². The highest BCUT2D eigenvalue weighted by Gasteiger charge is 2.23. The molecule has 0 saturated carbocycles. The first-order chi connectivity index (χ1) is 8.19. The molecule has 1 saturated heterocycles. The number of hydrogen-bond donors (Lipinski definition) is 1. The SMILES string of the molecule is COc1ccc([C@H](C)NC2CSC(C)C2)cc1. The minimum absolute atomic E-state index is 0.414. The van der Waals surface area contributed by atoms with Crippen molar-refractivity contribution in [1.29, 1.82) is 0 Å². The maximum atomic E-state index is 5.17.